The lowest BCUT2D eigenvalue weighted by molar-refractivity contribution is -0.166. The lowest BCUT2D eigenvalue weighted by Gasteiger charge is -2.38. The second-order valence-electron chi connectivity index (χ2n) is 8.05. The highest BCUT2D eigenvalue weighted by Gasteiger charge is 2.57. The highest BCUT2D eigenvalue weighted by molar-refractivity contribution is 6.11. The van der Waals surface area contributed by atoms with Gasteiger partial charge in [-0.2, -0.15) is 0 Å². The van der Waals surface area contributed by atoms with Crippen molar-refractivity contribution in [3.63, 3.8) is 0 Å². The minimum atomic E-state index is -1.70. The van der Waals surface area contributed by atoms with Crippen molar-refractivity contribution in [3.8, 4) is 0 Å². The molecule has 3 aromatic carbocycles. The predicted molar refractivity (Wildman–Crippen MR) is 135 cm³/mol. The molecule has 0 N–H and O–H groups in total. The number of carbonyl (C=O) groups is 2. The summed E-state index contributed by atoms with van der Waals surface area (Å²) in [5.41, 5.74) is 2.66. The first kappa shape index (κ1) is 23.2. The van der Waals surface area contributed by atoms with Gasteiger partial charge in [-0.25, -0.2) is 0 Å². The van der Waals surface area contributed by atoms with Gasteiger partial charge in [0, 0.05) is 5.92 Å². The molecule has 4 heteroatoms. The fraction of sp³-hybridized carbons (Fsp3) is 0.200. The fourth-order valence-corrected chi connectivity index (χ4v) is 4.59. The summed E-state index contributed by atoms with van der Waals surface area (Å²) in [5, 5.41) is 0. The minimum absolute atomic E-state index is 0.150. The van der Waals surface area contributed by atoms with E-state index in [2.05, 4.69) is 0 Å². The lowest BCUT2D eigenvalue weighted by atomic mass is 9.63. The normalized spacial score (nSPS) is 16.1. The largest absolute Gasteiger partial charge is 0.465 e. The van der Waals surface area contributed by atoms with Gasteiger partial charge in [-0.3, -0.25) is 9.59 Å². The van der Waals surface area contributed by atoms with E-state index in [0.717, 1.165) is 22.3 Å². The van der Waals surface area contributed by atoms with Crippen molar-refractivity contribution in [1.82, 2.24) is 0 Å². The van der Waals surface area contributed by atoms with Crippen molar-refractivity contribution < 1.29 is 19.1 Å². The van der Waals surface area contributed by atoms with Gasteiger partial charge in [0.25, 0.3) is 0 Å². The summed E-state index contributed by atoms with van der Waals surface area (Å²) in [4.78, 5) is 27.6. The SMILES string of the molecule is CCOC(=O)C(C(=O)OCC)(c1ccccc1)C1C=Cc2ccccc2/C1=C/c1ccccc1. The molecule has 0 aromatic heterocycles. The van der Waals surface area contributed by atoms with Gasteiger partial charge in [0.05, 0.1) is 13.2 Å². The molecular formula is C30H28O4. The third-order valence-electron chi connectivity index (χ3n) is 6.09. The Balaban J connectivity index is 2.03. The second-order valence-corrected chi connectivity index (χ2v) is 8.05. The number of rotatable bonds is 7. The first-order valence-electron chi connectivity index (χ1n) is 11.6. The molecule has 0 aliphatic heterocycles. The van der Waals surface area contributed by atoms with Crippen molar-refractivity contribution in [2.75, 3.05) is 13.2 Å². The van der Waals surface area contributed by atoms with E-state index >= 15 is 0 Å². The molecule has 1 unspecified atom stereocenters. The van der Waals surface area contributed by atoms with Crippen molar-refractivity contribution in [3.05, 3.63) is 113 Å². The molecule has 1 aliphatic rings. The highest BCUT2D eigenvalue weighted by Crippen LogP contribution is 2.47. The molecule has 0 saturated carbocycles. The van der Waals surface area contributed by atoms with E-state index in [4.69, 9.17) is 9.47 Å². The third kappa shape index (κ3) is 4.19. The van der Waals surface area contributed by atoms with Gasteiger partial charge in [-0.15, -0.1) is 0 Å². The summed E-state index contributed by atoms with van der Waals surface area (Å²) >= 11 is 0. The predicted octanol–water partition coefficient (Wildman–Crippen LogP) is 5.93. The van der Waals surface area contributed by atoms with Crippen LogP contribution in [0.2, 0.25) is 0 Å². The van der Waals surface area contributed by atoms with E-state index in [9.17, 15) is 9.59 Å². The van der Waals surface area contributed by atoms with E-state index in [-0.39, 0.29) is 13.2 Å². The van der Waals surface area contributed by atoms with Crippen LogP contribution in [0.3, 0.4) is 0 Å². The molecule has 0 amide bonds. The van der Waals surface area contributed by atoms with Crippen LogP contribution in [0.25, 0.3) is 17.7 Å². The van der Waals surface area contributed by atoms with Crippen LogP contribution in [0.5, 0.6) is 0 Å². The average molecular weight is 453 g/mol. The second kappa shape index (κ2) is 10.3. The molecule has 0 fully saturated rings. The number of carbonyl (C=O) groups excluding carboxylic acids is 2. The van der Waals surface area contributed by atoms with Crippen LogP contribution >= 0.6 is 0 Å². The fourth-order valence-electron chi connectivity index (χ4n) is 4.59. The van der Waals surface area contributed by atoms with Gasteiger partial charge in [0.15, 0.2) is 5.41 Å². The van der Waals surface area contributed by atoms with Gasteiger partial charge < -0.3 is 9.47 Å². The van der Waals surface area contributed by atoms with E-state index in [1.807, 2.05) is 91.0 Å². The Bertz CT molecular complexity index is 1190. The molecule has 0 bridgehead atoms. The number of fused-ring (bicyclic) bond motifs is 1. The van der Waals surface area contributed by atoms with E-state index < -0.39 is 23.3 Å². The van der Waals surface area contributed by atoms with Gasteiger partial charge in [-0.1, -0.05) is 103 Å². The maximum atomic E-state index is 13.8. The summed E-state index contributed by atoms with van der Waals surface area (Å²) in [5.74, 6) is -1.87. The van der Waals surface area contributed by atoms with Crippen LogP contribution in [0.15, 0.2) is 91.0 Å². The number of ether oxygens (including phenoxy) is 2. The molecular weight excluding hydrogens is 424 g/mol. The van der Waals surface area contributed by atoms with Crippen LogP contribution < -0.4 is 0 Å². The van der Waals surface area contributed by atoms with Gasteiger partial charge >= 0.3 is 11.9 Å². The van der Waals surface area contributed by atoms with E-state index in [1.165, 1.54) is 0 Å². The molecule has 34 heavy (non-hydrogen) atoms. The quantitative estimate of drug-likeness (QED) is 0.329. The highest BCUT2D eigenvalue weighted by atomic mass is 16.6. The Kier molecular flexibility index (Phi) is 7.07. The van der Waals surface area contributed by atoms with Gasteiger partial charge in [-0.05, 0) is 41.7 Å². The average Bonchev–Trinajstić information content (AvgIpc) is 2.87. The minimum Gasteiger partial charge on any atom is -0.465 e. The molecule has 4 rings (SSSR count). The summed E-state index contributed by atoms with van der Waals surface area (Å²) in [6.07, 6.45) is 5.94. The number of benzene rings is 3. The number of hydrogen-bond donors (Lipinski definition) is 0. The topological polar surface area (TPSA) is 52.6 Å². The summed E-state index contributed by atoms with van der Waals surface area (Å²) in [6, 6.07) is 27.0. The molecule has 0 spiro atoms. The Morgan fingerprint density at radius 1 is 0.794 bits per heavy atom. The first-order valence-corrected chi connectivity index (χ1v) is 11.6. The van der Waals surface area contributed by atoms with Crippen molar-refractivity contribution >= 4 is 29.7 Å². The van der Waals surface area contributed by atoms with E-state index in [1.54, 1.807) is 26.0 Å². The Hall–Kier alpha value is -3.92. The summed E-state index contributed by atoms with van der Waals surface area (Å²) in [6.45, 7) is 3.78. The molecule has 0 saturated heterocycles. The molecule has 1 aliphatic carbocycles. The first-order chi connectivity index (χ1) is 16.6. The Morgan fingerprint density at radius 3 is 1.97 bits per heavy atom. The van der Waals surface area contributed by atoms with Crippen LogP contribution in [0.1, 0.15) is 36.1 Å². The van der Waals surface area contributed by atoms with Crippen LogP contribution in [0, 0.1) is 5.92 Å². The Morgan fingerprint density at radius 2 is 1.35 bits per heavy atom. The van der Waals surface area contributed by atoms with E-state index in [0.29, 0.717) is 5.56 Å². The summed E-state index contributed by atoms with van der Waals surface area (Å²) in [7, 11) is 0. The van der Waals surface area contributed by atoms with Crippen molar-refractivity contribution in [1.29, 1.82) is 0 Å². The molecule has 0 heterocycles. The maximum absolute atomic E-state index is 13.8. The van der Waals surface area contributed by atoms with Gasteiger partial charge in [0.2, 0.25) is 0 Å². The Labute approximate surface area is 200 Å². The molecule has 0 radical (unpaired) electrons. The maximum Gasteiger partial charge on any atom is 0.329 e. The lowest BCUT2D eigenvalue weighted by Crippen LogP contribution is -2.52. The molecule has 1 atom stereocenters. The number of esters is 2. The monoisotopic (exact) mass is 452 g/mol. The van der Waals surface area contributed by atoms with Gasteiger partial charge in [0.1, 0.15) is 0 Å². The number of hydrogen-bond acceptors (Lipinski definition) is 4. The van der Waals surface area contributed by atoms with Crippen LogP contribution in [0.4, 0.5) is 0 Å². The summed E-state index contributed by atoms with van der Waals surface area (Å²) < 4.78 is 11.1. The molecule has 3 aromatic rings. The standard InChI is InChI=1S/C30H28O4/c1-3-33-28(31)30(29(32)34-4-2,24-16-9-6-10-17-24)27-20-19-23-15-11-12-18-25(23)26(27)21-22-13-7-5-8-14-22/h5-21,27H,3-4H2,1-2H3/b26-21-. The third-order valence-corrected chi connectivity index (χ3v) is 6.09. The molecule has 4 nitrogen and oxygen atoms in total. The zero-order valence-corrected chi connectivity index (χ0v) is 19.4. The van der Waals surface area contributed by atoms with Crippen molar-refractivity contribution in [2.45, 2.75) is 19.3 Å². The van der Waals surface area contributed by atoms with Crippen LogP contribution in [-0.2, 0) is 24.5 Å². The van der Waals surface area contributed by atoms with Crippen LogP contribution in [-0.4, -0.2) is 25.2 Å². The molecule has 172 valence electrons. The zero-order chi connectivity index (χ0) is 24.0. The number of allylic oxidation sites excluding steroid dienone is 2. The smallest absolute Gasteiger partial charge is 0.329 e. The van der Waals surface area contributed by atoms with Crippen molar-refractivity contribution in [2.24, 2.45) is 5.92 Å². The zero-order valence-electron chi connectivity index (χ0n) is 19.4.